The molecule has 7 nitrogen and oxygen atoms in total. The summed E-state index contributed by atoms with van der Waals surface area (Å²) in [4.78, 5) is 1.96. The molecule has 1 aliphatic rings. The number of benzene rings is 1. The van der Waals surface area contributed by atoms with Gasteiger partial charge in [-0.25, -0.2) is 22.0 Å². The molecule has 124 valence electrons. The van der Waals surface area contributed by atoms with Crippen LogP contribution in [0.25, 0.3) is 0 Å². The summed E-state index contributed by atoms with van der Waals surface area (Å²) < 4.78 is 49.4. The van der Waals surface area contributed by atoms with Crippen LogP contribution in [0.3, 0.4) is 0 Å². The number of hydrogen-bond donors (Lipinski definition) is 1. The first-order valence-electron chi connectivity index (χ1n) is 6.99. The molecule has 1 saturated heterocycles. The summed E-state index contributed by atoms with van der Waals surface area (Å²) in [6, 6.07) is 5.54. The zero-order valence-electron chi connectivity index (χ0n) is 12.6. The van der Waals surface area contributed by atoms with E-state index in [9.17, 15) is 16.8 Å². The minimum atomic E-state index is -3.93. The molecule has 1 aromatic carbocycles. The Morgan fingerprint density at radius 3 is 2.05 bits per heavy atom. The number of hydrogen-bond acceptors (Lipinski definition) is 5. The fourth-order valence-electron chi connectivity index (χ4n) is 2.42. The number of primary sulfonamides is 1. The summed E-state index contributed by atoms with van der Waals surface area (Å²) in [5, 5.41) is 5.06. The molecule has 1 fully saturated rings. The first-order chi connectivity index (χ1) is 10.1. The second-order valence-corrected chi connectivity index (χ2v) is 9.05. The number of sulfonamides is 2. The van der Waals surface area contributed by atoms with Crippen LogP contribution < -0.4 is 5.14 Å². The van der Waals surface area contributed by atoms with Crippen LogP contribution in [0.1, 0.15) is 13.8 Å². The fourth-order valence-corrected chi connectivity index (χ4v) is 4.52. The van der Waals surface area contributed by atoms with E-state index in [0.717, 1.165) is 6.07 Å². The van der Waals surface area contributed by atoms with Crippen molar-refractivity contribution in [3.8, 4) is 0 Å². The van der Waals surface area contributed by atoms with E-state index >= 15 is 0 Å². The molecule has 9 heteroatoms. The quantitative estimate of drug-likeness (QED) is 0.829. The Kier molecular flexibility index (Phi) is 4.93. The van der Waals surface area contributed by atoms with Crippen molar-refractivity contribution in [1.29, 1.82) is 0 Å². The average molecular weight is 347 g/mol. The van der Waals surface area contributed by atoms with Crippen molar-refractivity contribution in [3.63, 3.8) is 0 Å². The number of rotatable bonds is 4. The summed E-state index contributed by atoms with van der Waals surface area (Å²) in [6.45, 7) is 6.23. The lowest BCUT2D eigenvalue weighted by atomic mass is 10.3. The van der Waals surface area contributed by atoms with Crippen molar-refractivity contribution >= 4 is 20.0 Å². The van der Waals surface area contributed by atoms with Crippen LogP contribution >= 0.6 is 0 Å². The number of nitrogens with two attached hydrogens (primary N) is 1. The predicted molar refractivity (Wildman–Crippen MR) is 83.3 cm³/mol. The maximum Gasteiger partial charge on any atom is 0.243 e. The molecule has 1 heterocycles. The first-order valence-corrected chi connectivity index (χ1v) is 9.98. The minimum Gasteiger partial charge on any atom is -0.298 e. The second kappa shape index (κ2) is 6.25. The Bertz CT molecular complexity index is 736. The van der Waals surface area contributed by atoms with E-state index in [4.69, 9.17) is 5.14 Å². The first kappa shape index (κ1) is 17.4. The van der Waals surface area contributed by atoms with E-state index in [1.54, 1.807) is 0 Å². The Morgan fingerprint density at radius 2 is 1.55 bits per heavy atom. The van der Waals surface area contributed by atoms with Crippen LogP contribution in [0.5, 0.6) is 0 Å². The molecular formula is C13H21N3O4S2. The van der Waals surface area contributed by atoms with Gasteiger partial charge >= 0.3 is 0 Å². The van der Waals surface area contributed by atoms with Gasteiger partial charge in [-0.1, -0.05) is 6.07 Å². The van der Waals surface area contributed by atoms with Gasteiger partial charge in [-0.05, 0) is 32.0 Å². The van der Waals surface area contributed by atoms with Crippen LogP contribution in [0.4, 0.5) is 0 Å². The molecule has 0 aromatic heterocycles. The predicted octanol–water partition coefficient (Wildman–Crippen LogP) is 0.0487. The highest BCUT2D eigenvalue weighted by Crippen LogP contribution is 2.20. The lowest BCUT2D eigenvalue weighted by Gasteiger charge is -2.36. The zero-order chi connectivity index (χ0) is 16.5. The molecule has 0 bridgehead atoms. The highest BCUT2D eigenvalue weighted by molar-refractivity contribution is 7.90. The van der Waals surface area contributed by atoms with E-state index in [0.29, 0.717) is 32.2 Å². The van der Waals surface area contributed by atoms with Crippen molar-refractivity contribution in [1.82, 2.24) is 9.21 Å². The van der Waals surface area contributed by atoms with Gasteiger partial charge in [-0.15, -0.1) is 0 Å². The molecule has 2 N–H and O–H groups in total. The topological polar surface area (TPSA) is 101 Å². The highest BCUT2D eigenvalue weighted by Gasteiger charge is 2.29. The third-order valence-electron chi connectivity index (χ3n) is 3.78. The molecule has 0 spiro atoms. The monoisotopic (exact) mass is 347 g/mol. The molecule has 2 rings (SSSR count). The van der Waals surface area contributed by atoms with Gasteiger partial charge in [0.25, 0.3) is 0 Å². The van der Waals surface area contributed by atoms with Gasteiger partial charge in [0.05, 0.1) is 9.79 Å². The Balaban J connectivity index is 2.25. The summed E-state index contributed by atoms with van der Waals surface area (Å²) in [5.74, 6) is 0. The number of nitrogens with zero attached hydrogens (tertiary/aromatic N) is 2. The average Bonchev–Trinajstić information content (AvgIpc) is 2.46. The van der Waals surface area contributed by atoms with Crippen LogP contribution in [-0.4, -0.2) is 58.3 Å². The van der Waals surface area contributed by atoms with E-state index in [1.165, 1.54) is 22.5 Å². The van der Waals surface area contributed by atoms with Crippen molar-refractivity contribution < 1.29 is 16.8 Å². The van der Waals surface area contributed by atoms with Gasteiger partial charge in [0.1, 0.15) is 0 Å². The maximum absolute atomic E-state index is 12.6. The smallest absolute Gasteiger partial charge is 0.243 e. The molecule has 1 aliphatic heterocycles. The van der Waals surface area contributed by atoms with Crippen molar-refractivity contribution in [2.75, 3.05) is 26.2 Å². The van der Waals surface area contributed by atoms with E-state index < -0.39 is 20.0 Å². The molecule has 0 saturated carbocycles. The molecule has 0 amide bonds. The molecule has 1 aromatic rings. The van der Waals surface area contributed by atoms with Crippen molar-refractivity contribution in [2.45, 2.75) is 29.7 Å². The molecule has 0 aliphatic carbocycles. The molecule has 0 atom stereocenters. The Morgan fingerprint density at radius 1 is 1.00 bits per heavy atom. The summed E-state index contributed by atoms with van der Waals surface area (Å²) in [6.07, 6.45) is 0. The van der Waals surface area contributed by atoms with Crippen LogP contribution in [-0.2, 0) is 20.0 Å². The SMILES string of the molecule is CC(C)N1CCN(S(=O)(=O)c2cccc(S(N)(=O)=O)c2)CC1. The molecule has 22 heavy (non-hydrogen) atoms. The third-order valence-corrected chi connectivity index (χ3v) is 6.58. The van der Waals surface area contributed by atoms with E-state index in [-0.39, 0.29) is 9.79 Å². The van der Waals surface area contributed by atoms with Gasteiger partial charge in [0.15, 0.2) is 0 Å². The summed E-state index contributed by atoms with van der Waals surface area (Å²) in [5.41, 5.74) is 0. The van der Waals surface area contributed by atoms with Gasteiger partial charge < -0.3 is 0 Å². The van der Waals surface area contributed by atoms with Crippen molar-refractivity contribution in [3.05, 3.63) is 24.3 Å². The lowest BCUT2D eigenvalue weighted by molar-refractivity contribution is 0.154. The summed E-state index contributed by atoms with van der Waals surface area (Å²) >= 11 is 0. The van der Waals surface area contributed by atoms with Crippen LogP contribution in [0.15, 0.2) is 34.1 Å². The molecular weight excluding hydrogens is 326 g/mol. The largest absolute Gasteiger partial charge is 0.298 e. The standard InChI is InChI=1S/C13H21N3O4S2/c1-11(2)15-6-8-16(9-7-15)22(19,20)13-5-3-4-12(10-13)21(14,17)18/h3-5,10-11H,6-9H2,1-2H3,(H2,14,17,18). The molecule has 0 radical (unpaired) electrons. The maximum atomic E-state index is 12.6. The fraction of sp³-hybridized carbons (Fsp3) is 0.538. The van der Waals surface area contributed by atoms with E-state index in [1.807, 2.05) is 0 Å². The minimum absolute atomic E-state index is 0.0444. The Labute approximate surface area is 131 Å². The number of piperazine rings is 1. The van der Waals surface area contributed by atoms with E-state index in [2.05, 4.69) is 18.7 Å². The second-order valence-electron chi connectivity index (χ2n) is 5.55. The van der Waals surface area contributed by atoms with Gasteiger partial charge in [0.2, 0.25) is 20.0 Å². The normalized spacial score (nSPS) is 18.7. The van der Waals surface area contributed by atoms with Gasteiger partial charge in [0, 0.05) is 32.2 Å². The van der Waals surface area contributed by atoms with Crippen LogP contribution in [0, 0.1) is 0 Å². The van der Waals surface area contributed by atoms with Gasteiger partial charge in [-0.3, -0.25) is 4.90 Å². The summed E-state index contributed by atoms with van der Waals surface area (Å²) in [7, 11) is -7.63. The lowest BCUT2D eigenvalue weighted by Crippen LogP contribution is -2.50. The molecule has 0 unspecified atom stereocenters. The third kappa shape index (κ3) is 3.66. The zero-order valence-corrected chi connectivity index (χ0v) is 14.3. The van der Waals surface area contributed by atoms with Crippen LogP contribution in [0.2, 0.25) is 0 Å². The Hall–Kier alpha value is -1.00. The van der Waals surface area contributed by atoms with Gasteiger partial charge in [-0.2, -0.15) is 4.31 Å². The van der Waals surface area contributed by atoms with Crippen molar-refractivity contribution in [2.24, 2.45) is 5.14 Å². The highest BCUT2D eigenvalue weighted by atomic mass is 32.2.